The van der Waals surface area contributed by atoms with Gasteiger partial charge in [0.1, 0.15) is 12.4 Å². The Morgan fingerprint density at radius 2 is 1.96 bits per heavy atom. The number of aromatic nitrogens is 2. The number of nitrogens with zero attached hydrogens (tertiary/aromatic N) is 2. The van der Waals surface area contributed by atoms with Crippen LogP contribution in [0.25, 0.3) is 11.3 Å². The van der Waals surface area contributed by atoms with Crippen LogP contribution in [-0.2, 0) is 29.1 Å². The minimum absolute atomic E-state index is 0.0270. The second-order valence-electron chi connectivity index (χ2n) is 6.90. The van der Waals surface area contributed by atoms with E-state index in [2.05, 4.69) is 16.1 Å². The smallest absolute Gasteiger partial charge is 0.250 e. The summed E-state index contributed by atoms with van der Waals surface area (Å²) in [5.74, 6) is 0.964. The van der Waals surface area contributed by atoms with Gasteiger partial charge >= 0.3 is 0 Å². The van der Waals surface area contributed by atoms with E-state index >= 15 is 0 Å². The van der Waals surface area contributed by atoms with Crippen LogP contribution in [0.2, 0.25) is 5.02 Å². The molecule has 0 atom stereocenters. The van der Waals surface area contributed by atoms with Crippen molar-refractivity contribution >= 4 is 23.2 Å². The highest BCUT2D eigenvalue weighted by molar-refractivity contribution is 6.31. The van der Waals surface area contributed by atoms with Gasteiger partial charge in [-0.3, -0.25) is 4.79 Å². The fraction of sp³-hybridized carbons (Fsp3) is 0.273. The normalized spacial score (nSPS) is 13.2. The quantitative estimate of drug-likeness (QED) is 0.658. The molecule has 1 amide bonds. The van der Waals surface area contributed by atoms with Gasteiger partial charge in [0.25, 0.3) is 0 Å². The molecule has 0 spiro atoms. The largest absolute Gasteiger partial charge is 0.367 e. The number of imidazole rings is 1. The lowest BCUT2D eigenvalue weighted by atomic mass is 10.1. The molecule has 2 heterocycles. The predicted molar refractivity (Wildman–Crippen MR) is 110 cm³/mol. The van der Waals surface area contributed by atoms with E-state index in [9.17, 15) is 4.79 Å². The molecule has 4 rings (SSSR count). The molecule has 144 valence electrons. The van der Waals surface area contributed by atoms with Gasteiger partial charge in [0, 0.05) is 35.4 Å². The van der Waals surface area contributed by atoms with E-state index in [0.717, 1.165) is 41.3 Å². The van der Waals surface area contributed by atoms with Crippen LogP contribution in [-0.4, -0.2) is 22.1 Å². The number of hydrogen-bond donors (Lipinski definition) is 1. The van der Waals surface area contributed by atoms with Crippen LogP contribution < -0.4 is 5.32 Å². The number of fused-ring (bicyclic) bond motifs is 1. The zero-order valence-corrected chi connectivity index (χ0v) is 16.3. The maximum Gasteiger partial charge on any atom is 0.250 e. The molecule has 1 aliphatic heterocycles. The Morgan fingerprint density at radius 1 is 1.14 bits per heavy atom. The van der Waals surface area contributed by atoms with E-state index in [4.69, 9.17) is 21.3 Å². The summed E-state index contributed by atoms with van der Waals surface area (Å²) in [6.45, 7) is 1.32. The van der Waals surface area contributed by atoms with Crippen molar-refractivity contribution in [2.45, 2.75) is 32.4 Å². The molecule has 0 fully saturated rings. The first kappa shape index (κ1) is 18.7. The Labute approximate surface area is 169 Å². The number of carbonyl (C=O) groups excluding carboxylic acids is 1. The van der Waals surface area contributed by atoms with Gasteiger partial charge in [-0.05, 0) is 36.6 Å². The van der Waals surface area contributed by atoms with Crippen molar-refractivity contribution in [1.82, 2.24) is 9.55 Å². The highest BCUT2D eigenvalue weighted by Gasteiger charge is 2.13. The van der Waals surface area contributed by atoms with Gasteiger partial charge in [0.05, 0.1) is 12.3 Å². The molecule has 6 heteroatoms. The Hall–Kier alpha value is -2.63. The predicted octanol–water partition coefficient (Wildman–Crippen LogP) is 4.70. The zero-order valence-electron chi connectivity index (χ0n) is 15.5. The fourth-order valence-corrected chi connectivity index (χ4v) is 3.53. The topological polar surface area (TPSA) is 56.1 Å². The third kappa shape index (κ3) is 4.43. The summed E-state index contributed by atoms with van der Waals surface area (Å²) < 4.78 is 7.71. The SMILES string of the molecule is O=C(COCc1ccccc1Cl)Nc1ccc(-c2cn3c(n2)CCCC3)cc1. The van der Waals surface area contributed by atoms with Crippen LogP contribution in [0.1, 0.15) is 24.2 Å². The number of anilines is 1. The number of ether oxygens (including phenoxy) is 1. The third-order valence-corrected chi connectivity index (χ3v) is 5.19. The number of rotatable bonds is 6. The number of nitrogens with one attached hydrogen (secondary N) is 1. The molecule has 5 nitrogen and oxygen atoms in total. The van der Waals surface area contributed by atoms with Crippen molar-refractivity contribution in [3.05, 3.63) is 71.1 Å². The second kappa shape index (κ2) is 8.59. The molecule has 1 N–H and O–H groups in total. The summed E-state index contributed by atoms with van der Waals surface area (Å²) in [5.41, 5.74) is 3.64. The molecule has 0 saturated carbocycles. The Kier molecular flexibility index (Phi) is 5.74. The second-order valence-corrected chi connectivity index (χ2v) is 7.31. The number of carbonyl (C=O) groups is 1. The van der Waals surface area contributed by atoms with Gasteiger partial charge < -0.3 is 14.6 Å². The van der Waals surface area contributed by atoms with Gasteiger partial charge in [-0.25, -0.2) is 4.98 Å². The van der Waals surface area contributed by atoms with Crippen molar-refractivity contribution in [2.24, 2.45) is 0 Å². The Morgan fingerprint density at radius 3 is 2.75 bits per heavy atom. The van der Waals surface area contributed by atoms with E-state index in [1.165, 1.54) is 12.8 Å². The maximum absolute atomic E-state index is 12.1. The van der Waals surface area contributed by atoms with Gasteiger partial charge in [0.2, 0.25) is 5.91 Å². The molecular weight excluding hydrogens is 374 g/mol. The molecule has 1 aromatic heterocycles. The van der Waals surface area contributed by atoms with Crippen molar-refractivity contribution < 1.29 is 9.53 Å². The highest BCUT2D eigenvalue weighted by Crippen LogP contribution is 2.24. The van der Waals surface area contributed by atoms with Crippen LogP contribution in [0.4, 0.5) is 5.69 Å². The fourth-order valence-electron chi connectivity index (χ4n) is 3.34. The molecule has 0 unspecified atom stereocenters. The summed E-state index contributed by atoms with van der Waals surface area (Å²) in [6.07, 6.45) is 5.58. The van der Waals surface area contributed by atoms with Crippen molar-refractivity contribution in [3.8, 4) is 11.3 Å². The number of amides is 1. The Bertz CT molecular complexity index is 943. The van der Waals surface area contributed by atoms with Gasteiger partial charge in [-0.1, -0.05) is 41.9 Å². The number of aryl methyl sites for hydroxylation is 2. The lowest BCUT2D eigenvalue weighted by Gasteiger charge is -2.11. The van der Waals surface area contributed by atoms with Crippen LogP contribution in [0.15, 0.2) is 54.7 Å². The molecule has 3 aromatic rings. The first-order valence-corrected chi connectivity index (χ1v) is 9.84. The standard InChI is InChI=1S/C22H22ClN3O2/c23-19-6-2-1-5-17(19)14-28-15-22(27)24-18-10-8-16(9-11-18)20-13-26-12-4-3-7-21(26)25-20/h1-2,5-6,8-11,13H,3-4,7,12,14-15H2,(H,24,27). The highest BCUT2D eigenvalue weighted by atomic mass is 35.5. The zero-order chi connectivity index (χ0) is 19.3. The average molecular weight is 396 g/mol. The minimum atomic E-state index is -0.197. The van der Waals surface area contributed by atoms with E-state index in [-0.39, 0.29) is 12.5 Å². The van der Waals surface area contributed by atoms with Crippen molar-refractivity contribution in [1.29, 1.82) is 0 Å². The third-order valence-electron chi connectivity index (χ3n) is 4.82. The molecule has 0 saturated heterocycles. The number of hydrogen-bond acceptors (Lipinski definition) is 3. The van der Waals surface area contributed by atoms with Gasteiger partial charge in [0.15, 0.2) is 0 Å². The van der Waals surface area contributed by atoms with Crippen LogP contribution in [0, 0.1) is 0 Å². The molecular formula is C22H22ClN3O2. The summed E-state index contributed by atoms with van der Waals surface area (Å²) >= 11 is 6.08. The van der Waals surface area contributed by atoms with Gasteiger partial charge in [-0.2, -0.15) is 0 Å². The summed E-state index contributed by atoms with van der Waals surface area (Å²) in [6, 6.07) is 15.2. The first-order chi connectivity index (χ1) is 13.7. The number of halogens is 1. The molecule has 0 aliphatic carbocycles. The van der Waals surface area contributed by atoms with Crippen molar-refractivity contribution in [3.63, 3.8) is 0 Å². The van der Waals surface area contributed by atoms with Crippen LogP contribution in [0.5, 0.6) is 0 Å². The molecule has 2 aromatic carbocycles. The number of benzene rings is 2. The van der Waals surface area contributed by atoms with E-state index in [0.29, 0.717) is 11.6 Å². The molecule has 28 heavy (non-hydrogen) atoms. The summed E-state index contributed by atoms with van der Waals surface area (Å²) in [7, 11) is 0. The molecule has 0 radical (unpaired) electrons. The lowest BCUT2D eigenvalue weighted by Crippen LogP contribution is -2.18. The van der Waals surface area contributed by atoms with Crippen molar-refractivity contribution in [2.75, 3.05) is 11.9 Å². The maximum atomic E-state index is 12.1. The average Bonchev–Trinajstić information content (AvgIpc) is 3.14. The monoisotopic (exact) mass is 395 g/mol. The van der Waals surface area contributed by atoms with Gasteiger partial charge in [-0.15, -0.1) is 0 Å². The van der Waals surface area contributed by atoms with E-state index < -0.39 is 0 Å². The Balaban J connectivity index is 1.31. The molecule has 1 aliphatic rings. The lowest BCUT2D eigenvalue weighted by molar-refractivity contribution is -0.121. The summed E-state index contributed by atoms with van der Waals surface area (Å²) in [4.78, 5) is 16.8. The van der Waals surface area contributed by atoms with E-state index in [1.54, 1.807) is 6.07 Å². The van der Waals surface area contributed by atoms with Crippen LogP contribution >= 0.6 is 11.6 Å². The molecule has 0 bridgehead atoms. The summed E-state index contributed by atoms with van der Waals surface area (Å²) in [5, 5.41) is 3.49. The minimum Gasteiger partial charge on any atom is -0.367 e. The first-order valence-electron chi connectivity index (χ1n) is 9.46. The van der Waals surface area contributed by atoms with Crippen LogP contribution in [0.3, 0.4) is 0 Å². The van der Waals surface area contributed by atoms with E-state index in [1.807, 2.05) is 42.5 Å².